The number of amides is 1. The lowest BCUT2D eigenvalue weighted by Gasteiger charge is -2.09. The summed E-state index contributed by atoms with van der Waals surface area (Å²) in [6.07, 6.45) is 0.285. The van der Waals surface area contributed by atoms with Gasteiger partial charge in [0.15, 0.2) is 0 Å². The number of aliphatic carboxylic acids is 1. The molecule has 0 bridgehead atoms. The molecule has 2 rings (SSSR count). The van der Waals surface area contributed by atoms with E-state index in [1.54, 1.807) is 0 Å². The number of nitrogens with zero attached hydrogens (tertiary/aromatic N) is 2. The molecule has 1 amide bonds. The lowest BCUT2D eigenvalue weighted by Crippen LogP contribution is -2.15. The molecular weight excluding hydrogens is 362 g/mol. The summed E-state index contributed by atoms with van der Waals surface area (Å²) in [4.78, 5) is 23.1. The fourth-order valence-corrected chi connectivity index (χ4v) is 3.57. The molecule has 146 valence electrons. The van der Waals surface area contributed by atoms with Gasteiger partial charge in [-0.05, 0) is 37.5 Å². The summed E-state index contributed by atoms with van der Waals surface area (Å²) in [5.41, 5.74) is 4.60. The highest BCUT2D eigenvalue weighted by molar-refractivity contribution is 7.99. The molecule has 2 N–H and O–H groups in total. The van der Waals surface area contributed by atoms with Crippen LogP contribution in [0.25, 0.3) is 0 Å². The highest BCUT2D eigenvalue weighted by Gasteiger charge is 2.15. The van der Waals surface area contributed by atoms with Crippen LogP contribution in [0.3, 0.4) is 0 Å². The molecular formula is C20H27N3O3S. The van der Waals surface area contributed by atoms with Crippen molar-refractivity contribution in [2.75, 3.05) is 11.1 Å². The Hall–Kier alpha value is -2.28. The normalized spacial score (nSPS) is 11.0. The van der Waals surface area contributed by atoms with Gasteiger partial charge in [0.25, 0.3) is 0 Å². The number of hydrogen-bond acceptors (Lipinski definition) is 4. The zero-order chi connectivity index (χ0) is 20.0. The Bertz CT molecular complexity index is 815. The molecule has 2 aromatic rings. The topological polar surface area (TPSA) is 84.2 Å². The molecule has 0 aliphatic heterocycles. The third-order valence-corrected chi connectivity index (χ3v) is 5.10. The number of rotatable bonds is 9. The van der Waals surface area contributed by atoms with Gasteiger partial charge in [-0.3, -0.25) is 14.3 Å². The quantitative estimate of drug-likeness (QED) is 0.684. The predicted octanol–water partition coefficient (Wildman–Crippen LogP) is 3.65. The average molecular weight is 390 g/mol. The summed E-state index contributed by atoms with van der Waals surface area (Å²) in [5.74, 6) is 0.242. The van der Waals surface area contributed by atoms with Gasteiger partial charge in [-0.1, -0.05) is 26.0 Å². The minimum atomic E-state index is -0.826. The first-order chi connectivity index (χ1) is 12.8. The van der Waals surface area contributed by atoms with Crippen LogP contribution < -0.4 is 5.32 Å². The van der Waals surface area contributed by atoms with Gasteiger partial charge in [-0.25, -0.2) is 0 Å². The number of nitrogens with one attached hydrogen (secondary N) is 1. The number of aromatic nitrogens is 2. The number of carboxylic acid groups (broad SMARTS) is 1. The van der Waals surface area contributed by atoms with Gasteiger partial charge in [-0.15, -0.1) is 11.8 Å². The van der Waals surface area contributed by atoms with E-state index in [4.69, 9.17) is 5.11 Å². The van der Waals surface area contributed by atoms with Crippen molar-refractivity contribution in [3.05, 3.63) is 46.8 Å². The molecule has 0 radical (unpaired) electrons. The van der Waals surface area contributed by atoms with Crippen LogP contribution in [0.5, 0.6) is 0 Å². The van der Waals surface area contributed by atoms with E-state index >= 15 is 0 Å². The summed E-state index contributed by atoms with van der Waals surface area (Å²) in [6.45, 7) is 9.07. The number of hydrogen-bond donors (Lipinski definition) is 2. The first-order valence-electron chi connectivity index (χ1n) is 8.97. The summed E-state index contributed by atoms with van der Waals surface area (Å²) in [7, 11) is 0. The van der Waals surface area contributed by atoms with E-state index in [9.17, 15) is 9.59 Å². The molecule has 0 atom stereocenters. The van der Waals surface area contributed by atoms with Crippen LogP contribution in [0.4, 0.5) is 5.69 Å². The molecule has 27 heavy (non-hydrogen) atoms. The lowest BCUT2D eigenvalue weighted by atomic mass is 10.1. The maximum Gasteiger partial charge on any atom is 0.313 e. The van der Waals surface area contributed by atoms with Crippen molar-refractivity contribution in [3.63, 3.8) is 0 Å². The van der Waals surface area contributed by atoms with Crippen molar-refractivity contribution in [3.8, 4) is 0 Å². The molecule has 0 unspecified atom stereocenters. The van der Waals surface area contributed by atoms with Crippen LogP contribution in [-0.2, 0) is 28.3 Å². The Morgan fingerprint density at radius 3 is 2.70 bits per heavy atom. The van der Waals surface area contributed by atoms with Crippen LogP contribution in [0, 0.1) is 19.8 Å². The third-order valence-electron chi connectivity index (χ3n) is 4.11. The fourth-order valence-electron chi connectivity index (χ4n) is 2.87. The number of benzene rings is 1. The van der Waals surface area contributed by atoms with Crippen LogP contribution in [0.2, 0.25) is 0 Å². The molecule has 6 nitrogen and oxygen atoms in total. The number of thioether (sulfide) groups is 1. The number of anilines is 1. The lowest BCUT2D eigenvalue weighted by molar-refractivity contribution is -0.133. The molecule has 0 saturated carbocycles. The Labute approximate surface area is 164 Å². The summed E-state index contributed by atoms with van der Waals surface area (Å²) >= 11 is 1.33. The van der Waals surface area contributed by atoms with Gasteiger partial charge in [0.2, 0.25) is 5.91 Å². The van der Waals surface area contributed by atoms with Crippen LogP contribution >= 0.6 is 11.8 Å². The first-order valence-corrected chi connectivity index (χ1v) is 10.1. The fraction of sp³-hybridized carbons (Fsp3) is 0.450. The van der Waals surface area contributed by atoms with E-state index in [0.29, 0.717) is 11.7 Å². The second-order valence-corrected chi connectivity index (χ2v) is 8.02. The standard InChI is InChI=1S/C20H27N3O3S/c1-13(2)10-23-15(4)18(14(3)22-23)9-19(24)21-17-7-5-6-16(8-17)11-27-12-20(25)26/h5-8,13H,9-12H2,1-4H3,(H,21,24)(H,25,26). The largest absolute Gasteiger partial charge is 0.481 e. The van der Waals surface area contributed by atoms with E-state index < -0.39 is 5.97 Å². The molecule has 1 aromatic carbocycles. The van der Waals surface area contributed by atoms with Crippen molar-refractivity contribution < 1.29 is 14.7 Å². The highest BCUT2D eigenvalue weighted by Crippen LogP contribution is 2.19. The van der Waals surface area contributed by atoms with Crippen LogP contribution in [0.15, 0.2) is 24.3 Å². The number of carbonyl (C=O) groups is 2. The molecule has 0 aliphatic rings. The molecule has 0 aliphatic carbocycles. The zero-order valence-corrected chi connectivity index (χ0v) is 17.1. The van der Waals surface area contributed by atoms with E-state index in [2.05, 4.69) is 24.3 Å². The molecule has 0 fully saturated rings. The summed E-state index contributed by atoms with van der Waals surface area (Å²) in [6, 6.07) is 7.51. The minimum Gasteiger partial charge on any atom is -0.481 e. The van der Waals surface area contributed by atoms with Crippen molar-refractivity contribution in [2.45, 2.75) is 46.4 Å². The predicted molar refractivity (Wildman–Crippen MR) is 109 cm³/mol. The van der Waals surface area contributed by atoms with Crippen molar-refractivity contribution in [1.82, 2.24) is 9.78 Å². The van der Waals surface area contributed by atoms with Crippen LogP contribution in [0.1, 0.15) is 36.4 Å². The smallest absolute Gasteiger partial charge is 0.313 e. The monoisotopic (exact) mass is 389 g/mol. The number of carboxylic acids is 1. The third kappa shape index (κ3) is 6.43. The van der Waals surface area contributed by atoms with E-state index in [1.165, 1.54) is 11.8 Å². The molecule has 1 heterocycles. The van der Waals surface area contributed by atoms with Crippen molar-refractivity contribution in [2.24, 2.45) is 5.92 Å². The molecule has 1 aromatic heterocycles. The summed E-state index contributed by atoms with van der Waals surface area (Å²) in [5, 5.41) is 16.2. The van der Waals surface area contributed by atoms with Gasteiger partial charge in [-0.2, -0.15) is 5.10 Å². The minimum absolute atomic E-state index is 0.0650. The Balaban J connectivity index is 2.00. The van der Waals surface area contributed by atoms with E-state index in [0.717, 1.165) is 34.7 Å². The molecule has 0 spiro atoms. The van der Waals surface area contributed by atoms with Crippen molar-refractivity contribution in [1.29, 1.82) is 0 Å². The van der Waals surface area contributed by atoms with E-state index in [-0.39, 0.29) is 18.1 Å². The van der Waals surface area contributed by atoms with Crippen molar-refractivity contribution >= 4 is 29.3 Å². The van der Waals surface area contributed by atoms with Gasteiger partial charge < -0.3 is 10.4 Å². The Morgan fingerprint density at radius 2 is 2.04 bits per heavy atom. The van der Waals surface area contributed by atoms with Gasteiger partial charge in [0, 0.05) is 29.2 Å². The van der Waals surface area contributed by atoms with Gasteiger partial charge in [0.1, 0.15) is 0 Å². The van der Waals surface area contributed by atoms with Gasteiger partial charge in [0.05, 0.1) is 17.9 Å². The number of carbonyl (C=O) groups excluding carboxylic acids is 1. The summed E-state index contributed by atoms with van der Waals surface area (Å²) < 4.78 is 1.98. The number of aryl methyl sites for hydroxylation is 1. The van der Waals surface area contributed by atoms with Gasteiger partial charge >= 0.3 is 5.97 Å². The maximum absolute atomic E-state index is 12.5. The molecule has 0 saturated heterocycles. The molecule has 7 heteroatoms. The van der Waals surface area contributed by atoms with Crippen LogP contribution in [-0.4, -0.2) is 32.5 Å². The Kier molecular flexibility index (Phi) is 7.47. The zero-order valence-electron chi connectivity index (χ0n) is 16.3. The second-order valence-electron chi connectivity index (χ2n) is 7.04. The SMILES string of the molecule is Cc1nn(CC(C)C)c(C)c1CC(=O)Nc1cccc(CSCC(=O)O)c1. The average Bonchev–Trinajstić information content (AvgIpc) is 2.81. The highest BCUT2D eigenvalue weighted by atomic mass is 32.2. The second kappa shape index (κ2) is 9.60. The van der Waals surface area contributed by atoms with E-state index in [1.807, 2.05) is 42.8 Å². The maximum atomic E-state index is 12.5. The first kappa shape index (κ1) is 21.0. The Morgan fingerprint density at radius 1 is 1.30 bits per heavy atom.